The molecule has 0 saturated heterocycles. The van der Waals surface area contributed by atoms with E-state index in [-0.39, 0.29) is 17.5 Å². The second-order valence-corrected chi connectivity index (χ2v) is 17.4. The summed E-state index contributed by atoms with van der Waals surface area (Å²) in [5, 5.41) is 0. The standard InChI is InChI=1S/C62H41F3N8/c1-39(41-27-33-44(34-28-41)60-68-50-18-6-12-24-56(50)71(60)53-21-9-3-15-47(53)63)66-59(43-31-37-46(38-32-43)62-70-52-20-8-14-26-58(52)73(62)55-23-11-5-17-49(55)65)67-40(2)42-29-35-45(36-30-42)61-69-51-19-7-13-25-57(51)72(61)54-22-10-4-16-48(54)64/h3-38H,1H2,2H3. The summed E-state index contributed by atoms with van der Waals surface area (Å²) in [5.74, 6) is 1.09. The Bertz CT molecular complexity index is 4140. The molecule has 12 rings (SSSR count). The molecule has 0 atom stereocenters. The third-order valence-corrected chi connectivity index (χ3v) is 12.9. The number of aromatic nitrogens is 6. The maximum Gasteiger partial charge on any atom is 0.160 e. The molecule has 0 fully saturated rings. The predicted octanol–water partition coefficient (Wildman–Crippen LogP) is 15.0. The van der Waals surface area contributed by atoms with Crippen molar-refractivity contribution in [3.63, 3.8) is 0 Å². The fraction of sp³-hybridized carbons (Fsp3) is 0.0161. The van der Waals surface area contributed by atoms with Crippen molar-refractivity contribution in [3.8, 4) is 51.2 Å². The quantitative estimate of drug-likeness (QED) is 0.101. The maximum absolute atomic E-state index is 15.5. The number of halogens is 3. The number of rotatable bonds is 10. The van der Waals surface area contributed by atoms with Crippen molar-refractivity contribution in [1.82, 2.24) is 28.7 Å². The number of para-hydroxylation sites is 9. The highest BCUT2D eigenvalue weighted by Crippen LogP contribution is 2.34. The summed E-state index contributed by atoms with van der Waals surface area (Å²) in [6.07, 6.45) is 0. The number of amidine groups is 1. The Morgan fingerprint density at radius 1 is 0.370 bits per heavy atom. The van der Waals surface area contributed by atoms with Gasteiger partial charge in [-0.05, 0) is 90.8 Å². The van der Waals surface area contributed by atoms with Gasteiger partial charge in [0.1, 0.15) is 34.9 Å². The Balaban J connectivity index is 0.927. The fourth-order valence-electron chi connectivity index (χ4n) is 9.30. The molecule has 0 spiro atoms. The number of hydrogen-bond acceptors (Lipinski definition) is 4. The van der Waals surface area contributed by atoms with Crippen molar-refractivity contribution in [2.24, 2.45) is 9.98 Å². The zero-order chi connectivity index (χ0) is 49.6. The topological polar surface area (TPSA) is 78.2 Å². The van der Waals surface area contributed by atoms with E-state index < -0.39 is 0 Å². The van der Waals surface area contributed by atoms with Crippen LogP contribution in [0.25, 0.3) is 90.0 Å². The van der Waals surface area contributed by atoms with Gasteiger partial charge in [0.2, 0.25) is 0 Å². The predicted molar refractivity (Wildman–Crippen MR) is 287 cm³/mol. The number of imidazole rings is 3. The minimum Gasteiger partial charge on any atom is -0.289 e. The Labute approximate surface area is 417 Å². The van der Waals surface area contributed by atoms with Crippen molar-refractivity contribution in [1.29, 1.82) is 0 Å². The molecule has 0 saturated carbocycles. The van der Waals surface area contributed by atoms with E-state index in [0.717, 1.165) is 60.9 Å². The number of benzene rings is 9. The lowest BCUT2D eigenvalue weighted by molar-refractivity contribution is 0.619. The van der Waals surface area contributed by atoms with Crippen LogP contribution in [0.3, 0.4) is 0 Å². The lowest BCUT2D eigenvalue weighted by Gasteiger charge is -2.12. The van der Waals surface area contributed by atoms with Crippen LogP contribution in [0, 0.1) is 17.5 Å². The first-order valence-electron chi connectivity index (χ1n) is 23.6. The minimum atomic E-state index is -0.366. The molecule has 9 aromatic carbocycles. The van der Waals surface area contributed by atoms with Gasteiger partial charge < -0.3 is 0 Å². The highest BCUT2D eigenvalue weighted by atomic mass is 19.1. The van der Waals surface area contributed by atoms with E-state index in [1.165, 1.54) is 18.2 Å². The zero-order valence-electron chi connectivity index (χ0n) is 39.2. The summed E-state index contributed by atoms with van der Waals surface area (Å²) in [6.45, 7) is 6.34. The van der Waals surface area contributed by atoms with E-state index in [2.05, 4.69) is 6.58 Å². The van der Waals surface area contributed by atoms with Crippen molar-refractivity contribution in [2.45, 2.75) is 6.92 Å². The smallest absolute Gasteiger partial charge is 0.160 e. The van der Waals surface area contributed by atoms with Gasteiger partial charge in [-0.2, -0.15) is 0 Å². The molecule has 8 nitrogen and oxygen atoms in total. The lowest BCUT2D eigenvalue weighted by atomic mass is 10.1. The lowest BCUT2D eigenvalue weighted by Crippen LogP contribution is -2.05. The van der Waals surface area contributed by atoms with Gasteiger partial charge in [-0.25, -0.2) is 38.1 Å². The van der Waals surface area contributed by atoms with E-state index >= 15 is 13.2 Å². The minimum absolute atomic E-state index is 0.354. The van der Waals surface area contributed by atoms with Gasteiger partial charge in [-0.3, -0.25) is 13.7 Å². The zero-order valence-corrected chi connectivity index (χ0v) is 39.2. The van der Waals surface area contributed by atoms with E-state index in [1.54, 1.807) is 36.4 Å². The molecule has 0 radical (unpaired) electrons. The maximum atomic E-state index is 15.5. The molecule has 3 heterocycles. The van der Waals surface area contributed by atoms with Crippen molar-refractivity contribution < 1.29 is 13.2 Å². The third kappa shape index (κ3) is 8.18. The molecule has 0 unspecified atom stereocenters. The molecular weight excluding hydrogens is 914 g/mol. The summed E-state index contributed by atoms with van der Waals surface area (Å²) in [4.78, 5) is 25.1. The number of fused-ring (bicyclic) bond motifs is 3. The van der Waals surface area contributed by atoms with Gasteiger partial charge in [-0.15, -0.1) is 0 Å². The monoisotopic (exact) mass is 954 g/mol. The van der Waals surface area contributed by atoms with Crippen molar-refractivity contribution in [3.05, 3.63) is 259 Å². The van der Waals surface area contributed by atoms with Crippen LogP contribution in [0.1, 0.15) is 23.6 Å². The first-order chi connectivity index (χ1) is 35.8. The van der Waals surface area contributed by atoms with Gasteiger partial charge >= 0.3 is 0 Å². The van der Waals surface area contributed by atoms with Crippen molar-refractivity contribution >= 4 is 50.3 Å². The second-order valence-electron chi connectivity index (χ2n) is 17.4. The average molecular weight is 955 g/mol. The van der Waals surface area contributed by atoms with Crippen LogP contribution in [-0.4, -0.2) is 40.2 Å². The largest absolute Gasteiger partial charge is 0.289 e. The van der Waals surface area contributed by atoms with Gasteiger partial charge in [0, 0.05) is 28.0 Å². The van der Waals surface area contributed by atoms with Gasteiger partial charge in [0.15, 0.2) is 5.84 Å². The fourth-order valence-corrected chi connectivity index (χ4v) is 9.30. The Morgan fingerprint density at radius 3 is 1.05 bits per heavy atom. The van der Waals surface area contributed by atoms with Crippen LogP contribution in [0.4, 0.5) is 13.2 Å². The molecule has 0 amide bonds. The summed E-state index contributed by atoms with van der Waals surface area (Å²) in [7, 11) is 0. The van der Waals surface area contributed by atoms with Gasteiger partial charge in [0.05, 0.1) is 55.9 Å². The molecule has 12 aromatic rings. The average Bonchev–Trinajstić information content (AvgIpc) is 4.14. The number of nitrogens with zero attached hydrogens (tertiary/aromatic N) is 8. The van der Waals surface area contributed by atoms with Crippen LogP contribution in [-0.2, 0) is 0 Å². The van der Waals surface area contributed by atoms with Crippen LogP contribution in [0.5, 0.6) is 0 Å². The highest BCUT2D eigenvalue weighted by molar-refractivity contribution is 6.13. The molecule has 350 valence electrons. The van der Waals surface area contributed by atoms with Crippen LogP contribution in [0.15, 0.2) is 235 Å². The normalized spacial score (nSPS) is 12.1. The SMILES string of the molecule is C=C(N=C(N=C(C)c1ccc(-c2nc3ccccc3n2-c2ccccc2F)cc1)c1ccc(-c2nc3ccccc3n2-c2ccccc2F)cc1)c1ccc(-c2nc3ccccc3n2-c2ccccc2F)cc1. The molecule has 0 aliphatic rings. The molecular formula is C62H41F3N8. The number of aliphatic imine (C=N–C) groups is 2. The Morgan fingerprint density at radius 2 is 0.685 bits per heavy atom. The summed E-state index contributed by atoms with van der Waals surface area (Å²) in [6, 6.07) is 66.3. The summed E-state index contributed by atoms with van der Waals surface area (Å²) < 4.78 is 51.7. The van der Waals surface area contributed by atoms with Crippen molar-refractivity contribution in [2.75, 3.05) is 0 Å². The van der Waals surface area contributed by atoms with Crippen LogP contribution in [0.2, 0.25) is 0 Å². The Hall–Kier alpha value is -9.74. The first-order valence-corrected chi connectivity index (χ1v) is 23.6. The third-order valence-electron chi connectivity index (χ3n) is 12.9. The van der Waals surface area contributed by atoms with E-state index in [4.69, 9.17) is 24.9 Å². The molecule has 0 N–H and O–H groups in total. The molecule has 3 aromatic heterocycles. The Kier molecular flexibility index (Phi) is 11.3. The van der Waals surface area contributed by atoms with Crippen LogP contribution >= 0.6 is 0 Å². The van der Waals surface area contributed by atoms with Gasteiger partial charge in [-0.1, -0.05) is 152 Å². The second kappa shape index (κ2) is 18.5. The molecule has 11 heteroatoms. The van der Waals surface area contributed by atoms with E-state index in [1.807, 2.05) is 184 Å². The summed E-state index contributed by atoms with van der Waals surface area (Å²) >= 11 is 0. The molecule has 0 aliphatic heterocycles. The number of hydrogen-bond donors (Lipinski definition) is 0. The van der Waals surface area contributed by atoms with E-state index in [0.29, 0.717) is 57.3 Å². The van der Waals surface area contributed by atoms with Crippen LogP contribution < -0.4 is 0 Å². The molecule has 0 aliphatic carbocycles. The first kappa shape index (κ1) is 44.5. The molecule has 73 heavy (non-hydrogen) atoms. The van der Waals surface area contributed by atoms with Gasteiger partial charge in [0.25, 0.3) is 0 Å². The van der Waals surface area contributed by atoms with E-state index in [9.17, 15) is 0 Å². The molecule has 0 bridgehead atoms. The highest BCUT2D eigenvalue weighted by Gasteiger charge is 2.21. The summed E-state index contributed by atoms with van der Waals surface area (Å²) in [5.41, 5.74) is 11.5.